The van der Waals surface area contributed by atoms with Crippen LogP contribution in [0.25, 0.3) is 10.1 Å². The number of aromatic nitrogens is 1. The van der Waals surface area contributed by atoms with Gasteiger partial charge in [0.15, 0.2) is 0 Å². The highest BCUT2D eigenvalue weighted by molar-refractivity contribution is 7.54. The fraction of sp³-hybridized carbons (Fsp3) is 0.409. The Labute approximate surface area is 182 Å². The van der Waals surface area contributed by atoms with Crippen molar-refractivity contribution in [1.29, 1.82) is 0 Å². The van der Waals surface area contributed by atoms with E-state index in [-0.39, 0.29) is 0 Å². The van der Waals surface area contributed by atoms with Crippen molar-refractivity contribution in [3.8, 4) is 5.75 Å². The summed E-state index contributed by atoms with van der Waals surface area (Å²) >= 11 is 1.59. The van der Waals surface area contributed by atoms with Crippen LogP contribution >= 0.6 is 18.9 Å². The Kier molecular flexibility index (Phi) is 7.53. The maximum Gasteiger partial charge on any atom is 0.340 e. The molecular weight excluding hydrogens is 419 g/mol. The van der Waals surface area contributed by atoms with Crippen molar-refractivity contribution >= 4 is 34.7 Å². The van der Waals surface area contributed by atoms with Gasteiger partial charge in [0.05, 0.1) is 31.7 Å². The highest BCUT2D eigenvalue weighted by Gasteiger charge is 2.38. The van der Waals surface area contributed by atoms with Crippen molar-refractivity contribution in [2.75, 3.05) is 32.2 Å². The molecule has 8 heteroatoms. The summed E-state index contributed by atoms with van der Waals surface area (Å²) in [6.45, 7) is 8.63. The van der Waals surface area contributed by atoms with Crippen LogP contribution in [0.2, 0.25) is 0 Å². The Morgan fingerprint density at radius 3 is 2.47 bits per heavy atom. The summed E-state index contributed by atoms with van der Waals surface area (Å²) in [5.41, 5.74) is 2.33. The van der Waals surface area contributed by atoms with E-state index in [0.717, 1.165) is 37.8 Å². The van der Waals surface area contributed by atoms with Crippen LogP contribution in [0.4, 0.5) is 5.69 Å². The fourth-order valence-electron chi connectivity index (χ4n) is 3.35. The first-order valence-electron chi connectivity index (χ1n) is 10.0. The molecule has 0 aliphatic rings. The number of hydrogen-bond acceptors (Lipinski definition) is 7. The minimum atomic E-state index is -3.39. The van der Waals surface area contributed by atoms with Crippen molar-refractivity contribution in [3.05, 3.63) is 52.7 Å². The average molecular weight is 449 g/mol. The van der Waals surface area contributed by atoms with Gasteiger partial charge in [-0.3, -0.25) is 9.55 Å². The van der Waals surface area contributed by atoms with E-state index in [2.05, 4.69) is 16.4 Å². The zero-order valence-electron chi connectivity index (χ0n) is 18.1. The van der Waals surface area contributed by atoms with Crippen molar-refractivity contribution in [2.45, 2.75) is 33.4 Å². The van der Waals surface area contributed by atoms with Gasteiger partial charge in [-0.15, -0.1) is 11.3 Å². The van der Waals surface area contributed by atoms with Gasteiger partial charge < -0.3 is 19.1 Å². The number of anilines is 1. The molecule has 0 spiro atoms. The van der Waals surface area contributed by atoms with Crippen molar-refractivity contribution < 1.29 is 18.3 Å². The largest absolute Gasteiger partial charge is 0.497 e. The molecule has 30 heavy (non-hydrogen) atoms. The van der Waals surface area contributed by atoms with Gasteiger partial charge in [0.1, 0.15) is 11.4 Å². The van der Waals surface area contributed by atoms with Crippen molar-refractivity contribution in [1.82, 2.24) is 4.98 Å². The lowest BCUT2D eigenvalue weighted by Gasteiger charge is -2.26. The van der Waals surface area contributed by atoms with Crippen LogP contribution in [0.1, 0.15) is 35.8 Å². The summed E-state index contributed by atoms with van der Waals surface area (Å²) in [5, 5.41) is 4.49. The number of nitrogens with one attached hydrogen (secondary N) is 1. The van der Waals surface area contributed by atoms with Crippen LogP contribution in [0.3, 0.4) is 0 Å². The Hall–Kier alpha value is -1.92. The standard InChI is InChI=1S/C22H29N2O4PS/c1-6-27-29(25,28-7-2)20(14-23-19-11-8-15(3)24-16(19)4)22-12-17-9-10-18(26-5)13-21(17)30-22/h8-13,20,23H,6-7,14H2,1-5H3. The summed E-state index contributed by atoms with van der Waals surface area (Å²) in [4.78, 5) is 5.46. The van der Waals surface area contributed by atoms with Crippen LogP contribution in [0.5, 0.6) is 5.75 Å². The quantitative estimate of drug-likeness (QED) is 0.365. The second-order valence-electron chi connectivity index (χ2n) is 6.91. The van der Waals surface area contributed by atoms with E-state index in [9.17, 15) is 4.57 Å². The van der Waals surface area contributed by atoms with Crippen LogP contribution in [0.15, 0.2) is 36.4 Å². The summed E-state index contributed by atoms with van der Waals surface area (Å²) in [7, 11) is -1.74. The van der Waals surface area contributed by atoms with E-state index in [0.29, 0.717) is 19.8 Å². The van der Waals surface area contributed by atoms with E-state index in [1.54, 1.807) is 18.4 Å². The Balaban J connectivity index is 1.99. The lowest BCUT2D eigenvalue weighted by molar-refractivity contribution is 0.213. The molecule has 3 aromatic rings. The maximum atomic E-state index is 13.8. The summed E-state index contributed by atoms with van der Waals surface area (Å²) in [5.74, 6) is 0.796. The molecular formula is C22H29N2O4PS. The van der Waals surface area contributed by atoms with Gasteiger partial charge >= 0.3 is 7.60 Å². The third-order valence-electron chi connectivity index (χ3n) is 4.79. The molecule has 0 bridgehead atoms. The van der Waals surface area contributed by atoms with E-state index < -0.39 is 13.3 Å². The van der Waals surface area contributed by atoms with E-state index in [1.807, 2.05) is 58.0 Å². The molecule has 0 saturated carbocycles. The Morgan fingerprint density at radius 2 is 1.83 bits per heavy atom. The number of benzene rings is 1. The molecule has 6 nitrogen and oxygen atoms in total. The molecule has 2 aromatic heterocycles. The smallest absolute Gasteiger partial charge is 0.340 e. The second-order valence-corrected chi connectivity index (χ2v) is 10.2. The average Bonchev–Trinajstić information content (AvgIpc) is 3.12. The number of fused-ring (bicyclic) bond motifs is 1. The molecule has 1 aromatic carbocycles. The monoisotopic (exact) mass is 448 g/mol. The predicted molar refractivity (Wildman–Crippen MR) is 124 cm³/mol. The van der Waals surface area contributed by atoms with Gasteiger partial charge in [-0.2, -0.15) is 0 Å². The third-order valence-corrected chi connectivity index (χ3v) is 8.63. The molecule has 162 valence electrons. The van der Waals surface area contributed by atoms with E-state index in [4.69, 9.17) is 13.8 Å². The highest BCUT2D eigenvalue weighted by atomic mass is 32.1. The first-order valence-corrected chi connectivity index (χ1v) is 12.5. The molecule has 0 aliphatic carbocycles. The summed E-state index contributed by atoms with van der Waals surface area (Å²) < 4.78 is 31.6. The number of aryl methyl sites for hydroxylation is 2. The van der Waals surface area contributed by atoms with Gasteiger partial charge in [0.25, 0.3) is 0 Å². The zero-order valence-corrected chi connectivity index (χ0v) is 19.8. The maximum absolute atomic E-state index is 13.8. The van der Waals surface area contributed by atoms with Crippen molar-refractivity contribution in [2.24, 2.45) is 0 Å². The molecule has 1 unspecified atom stereocenters. The topological polar surface area (TPSA) is 69.7 Å². The van der Waals surface area contributed by atoms with Crippen LogP contribution < -0.4 is 10.1 Å². The number of ether oxygens (including phenoxy) is 1. The second kappa shape index (κ2) is 9.92. The van der Waals surface area contributed by atoms with E-state index in [1.165, 1.54) is 0 Å². The van der Waals surface area contributed by atoms with Gasteiger partial charge in [0.2, 0.25) is 0 Å². The van der Waals surface area contributed by atoms with Crippen LogP contribution in [-0.4, -0.2) is 31.9 Å². The minimum Gasteiger partial charge on any atom is -0.497 e. The molecule has 0 saturated heterocycles. The number of pyridine rings is 1. The number of hydrogen-bond donors (Lipinski definition) is 1. The molecule has 1 N–H and O–H groups in total. The van der Waals surface area contributed by atoms with Gasteiger partial charge in [-0.25, -0.2) is 0 Å². The predicted octanol–water partition coefficient (Wildman–Crippen LogP) is 6.34. The lowest BCUT2D eigenvalue weighted by Crippen LogP contribution is -2.16. The van der Waals surface area contributed by atoms with Gasteiger partial charge in [-0.05, 0) is 69.5 Å². The van der Waals surface area contributed by atoms with Crippen molar-refractivity contribution in [3.63, 3.8) is 0 Å². The molecule has 0 aliphatic heterocycles. The Bertz CT molecular complexity index is 1040. The number of nitrogens with zero attached hydrogens (tertiary/aromatic N) is 1. The lowest BCUT2D eigenvalue weighted by atomic mass is 10.2. The first-order chi connectivity index (χ1) is 14.4. The van der Waals surface area contributed by atoms with Crippen LogP contribution in [-0.2, 0) is 13.6 Å². The zero-order chi connectivity index (χ0) is 21.7. The molecule has 0 amide bonds. The van der Waals surface area contributed by atoms with E-state index >= 15 is 0 Å². The highest BCUT2D eigenvalue weighted by Crippen LogP contribution is 2.62. The number of methoxy groups -OCH3 is 1. The first kappa shape index (κ1) is 22.8. The SMILES string of the molecule is CCOP(=O)(OCC)C(CNc1ccc(C)nc1C)c1cc2ccc(OC)cc2s1. The third kappa shape index (κ3) is 5.03. The van der Waals surface area contributed by atoms with Gasteiger partial charge in [-0.1, -0.05) is 0 Å². The summed E-state index contributed by atoms with van der Waals surface area (Å²) in [6.07, 6.45) is 0. The Morgan fingerprint density at radius 1 is 1.10 bits per heavy atom. The fourth-order valence-corrected chi connectivity index (χ4v) is 6.83. The molecule has 0 radical (unpaired) electrons. The van der Waals surface area contributed by atoms with Gasteiger partial charge in [0, 0.05) is 21.8 Å². The molecule has 3 rings (SSSR count). The van der Waals surface area contributed by atoms with Crippen LogP contribution in [0, 0.1) is 13.8 Å². The minimum absolute atomic E-state index is 0.317. The summed E-state index contributed by atoms with van der Waals surface area (Å²) in [6, 6.07) is 12.0. The normalized spacial score (nSPS) is 12.8. The number of thiophene rings is 1. The molecule has 2 heterocycles. The molecule has 1 atom stereocenters. The molecule has 0 fully saturated rings. The number of rotatable bonds is 10.